The highest BCUT2D eigenvalue weighted by atomic mass is 16.3. The van der Waals surface area contributed by atoms with Crippen molar-refractivity contribution < 1.29 is 4.42 Å². The largest absolute Gasteiger partial charge is 0.465 e. The molecule has 0 saturated carbocycles. The average molecular weight is 255 g/mol. The van der Waals surface area contributed by atoms with Crippen molar-refractivity contribution in [2.24, 2.45) is 5.73 Å². The lowest BCUT2D eigenvalue weighted by Crippen LogP contribution is -2.17. The van der Waals surface area contributed by atoms with E-state index in [0.29, 0.717) is 5.92 Å². The second kappa shape index (κ2) is 5.22. The van der Waals surface area contributed by atoms with E-state index in [1.807, 2.05) is 19.1 Å². The van der Waals surface area contributed by atoms with Crippen LogP contribution in [-0.4, -0.2) is 0 Å². The highest BCUT2D eigenvalue weighted by molar-refractivity contribution is 5.32. The molecule has 0 saturated heterocycles. The van der Waals surface area contributed by atoms with E-state index in [1.165, 1.54) is 30.4 Å². The number of aryl methyl sites for hydroxylation is 2. The van der Waals surface area contributed by atoms with Crippen LogP contribution in [0.1, 0.15) is 53.9 Å². The summed E-state index contributed by atoms with van der Waals surface area (Å²) in [6.07, 6.45) is 4.70. The number of hydrogen-bond acceptors (Lipinski definition) is 2. The summed E-state index contributed by atoms with van der Waals surface area (Å²) in [5.41, 5.74) is 9.30. The SMILES string of the molecule is Cc1ccc(C(N)CC2CCCc3ccccc32)o1. The van der Waals surface area contributed by atoms with E-state index in [2.05, 4.69) is 24.3 Å². The minimum Gasteiger partial charge on any atom is -0.465 e. The van der Waals surface area contributed by atoms with Gasteiger partial charge in [-0.3, -0.25) is 0 Å². The van der Waals surface area contributed by atoms with Crippen molar-refractivity contribution in [3.8, 4) is 0 Å². The van der Waals surface area contributed by atoms with E-state index in [-0.39, 0.29) is 6.04 Å². The fourth-order valence-electron chi connectivity index (χ4n) is 3.17. The summed E-state index contributed by atoms with van der Waals surface area (Å²) in [5.74, 6) is 2.43. The first-order valence-electron chi connectivity index (χ1n) is 7.14. The van der Waals surface area contributed by atoms with Gasteiger partial charge in [-0.1, -0.05) is 24.3 Å². The molecular weight excluding hydrogens is 234 g/mol. The Labute approximate surface area is 114 Å². The van der Waals surface area contributed by atoms with Gasteiger partial charge in [0.15, 0.2) is 0 Å². The lowest BCUT2D eigenvalue weighted by Gasteiger charge is -2.27. The van der Waals surface area contributed by atoms with Crippen LogP contribution in [0, 0.1) is 6.92 Å². The normalized spacial score (nSPS) is 20.0. The summed E-state index contributed by atoms with van der Waals surface area (Å²) in [6.45, 7) is 1.96. The molecule has 2 atom stereocenters. The van der Waals surface area contributed by atoms with Gasteiger partial charge in [-0.15, -0.1) is 0 Å². The quantitative estimate of drug-likeness (QED) is 0.896. The van der Waals surface area contributed by atoms with Crippen LogP contribution in [0.25, 0.3) is 0 Å². The van der Waals surface area contributed by atoms with Crippen molar-refractivity contribution in [3.05, 3.63) is 59.0 Å². The van der Waals surface area contributed by atoms with Crippen molar-refractivity contribution >= 4 is 0 Å². The lowest BCUT2D eigenvalue weighted by molar-refractivity contribution is 0.400. The first kappa shape index (κ1) is 12.5. The molecule has 1 aromatic carbocycles. The van der Waals surface area contributed by atoms with Crippen molar-refractivity contribution in [1.82, 2.24) is 0 Å². The van der Waals surface area contributed by atoms with E-state index < -0.39 is 0 Å². The van der Waals surface area contributed by atoms with Gasteiger partial charge in [0.25, 0.3) is 0 Å². The predicted octanol–water partition coefficient (Wildman–Crippen LogP) is 4.10. The highest BCUT2D eigenvalue weighted by Crippen LogP contribution is 2.37. The van der Waals surface area contributed by atoms with Gasteiger partial charge in [-0.05, 0) is 61.8 Å². The van der Waals surface area contributed by atoms with E-state index in [4.69, 9.17) is 10.2 Å². The van der Waals surface area contributed by atoms with Gasteiger partial charge >= 0.3 is 0 Å². The molecule has 2 heteroatoms. The summed E-state index contributed by atoms with van der Waals surface area (Å²) < 4.78 is 5.65. The Hall–Kier alpha value is -1.54. The van der Waals surface area contributed by atoms with E-state index in [1.54, 1.807) is 0 Å². The molecule has 1 aliphatic carbocycles. The number of rotatable bonds is 3. The van der Waals surface area contributed by atoms with Crippen LogP contribution in [0.4, 0.5) is 0 Å². The average Bonchev–Trinajstić information content (AvgIpc) is 2.86. The van der Waals surface area contributed by atoms with Crippen molar-refractivity contribution in [2.75, 3.05) is 0 Å². The number of furan rings is 1. The summed E-state index contributed by atoms with van der Waals surface area (Å²) in [5, 5.41) is 0. The zero-order valence-corrected chi connectivity index (χ0v) is 11.4. The molecule has 0 fully saturated rings. The van der Waals surface area contributed by atoms with Crippen molar-refractivity contribution in [3.63, 3.8) is 0 Å². The van der Waals surface area contributed by atoms with Crippen LogP contribution >= 0.6 is 0 Å². The van der Waals surface area contributed by atoms with Crippen LogP contribution in [-0.2, 0) is 6.42 Å². The molecule has 100 valence electrons. The number of nitrogens with two attached hydrogens (primary N) is 1. The molecule has 0 radical (unpaired) electrons. The second-order valence-electron chi connectivity index (χ2n) is 5.58. The van der Waals surface area contributed by atoms with Gasteiger partial charge in [0.05, 0.1) is 6.04 Å². The van der Waals surface area contributed by atoms with E-state index in [9.17, 15) is 0 Å². The fraction of sp³-hybridized carbons (Fsp3) is 0.412. The maximum absolute atomic E-state index is 6.30. The molecule has 2 aromatic rings. The molecule has 2 nitrogen and oxygen atoms in total. The summed E-state index contributed by atoms with van der Waals surface area (Å²) in [7, 11) is 0. The van der Waals surface area contributed by atoms with Gasteiger partial charge in [0, 0.05) is 0 Å². The Kier molecular flexibility index (Phi) is 3.43. The first-order valence-corrected chi connectivity index (χ1v) is 7.14. The lowest BCUT2D eigenvalue weighted by atomic mass is 9.79. The van der Waals surface area contributed by atoms with Crippen LogP contribution in [0.15, 0.2) is 40.8 Å². The van der Waals surface area contributed by atoms with Gasteiger partial charge < -0.3 is 10.2 Å². The van der Waals surface area contributed by atoms with Gasteiger partial charge in [-0.2, -0.15) is 0 Å². The molecule has 0 aliphatic heterocycles. The van der Waals surface area contributed by atoms with E-state index >= 15 is 0 Å². The van der Waals surface area contributed by atoms with Crippen LogP contribution < -0.4 is 5.73 Å². The zero-order chi connectivity index (χ0) is 13.2. The zero-order valence-electron chi connectivity index (χ0n) is 11.4. The van der Waals surface area contributed by atoms with Crippen LogP contribution in [0.5, 0.6) is 0 Å². The minimum absolute atomic E-state index is 0.00450. The summed E-state index contributed by atoms with van der Waals surface area (Å²) in [6, 6.07) is 12.8. The molecule has 0 amide bonds. The van der Waals surface area contributed by atoms with Crippen LogP contribution in [0.3, 0.4) is 0 Å². The van der Waals surface area contributed by atoms with E-state index in [0.717, 1.165) is 17.9 Å². The fourth-order valence-corrected chi connectivity index (χ4v) is 3.17. The molecule has 1 aromatic heterocycles. The Balaban J connectivity index is 1.77. The molecule has 3 rings (SSSR count). The van der Waals surface area contributed by atoms with Crippen molar-refractivity contribution in [2.45, 2.75) is 44.6 Å². The molecule has 2 unspecified atom stereocenters. The summed E-state index contributed by atoms with van der Waals surface area (Å²) >= 11 is 0. The maximum Gasteiger partial charge on any atom is 0.120 e. The number of hydrogen-bond donors (Lipinski definition) is 1. The third-order valence-electron chi connectivity index (χ3n) is 4.16. The monoisotopic (exact) mass is 255 g/mol. The number of fused-ring (bicyclic) bond motifs is 1. The molecule has 1 aliphatic rings. The maximum atomic E-state index is 6.30. The Morgan fingerprint density at radius 1 is 1.26 bits per heavy atom. The second-order valence-corrected chi connectivity index (χ2v) is 5.58. The molecule has 2 N–H and O–H groups in total. The standard InChI is InChI=1S/C17H21NO/c1-12-9-10-17(19-12)16(18)11-14-7-4-6-13-5-2-3-8-15(13)14/h2-3,5,8-10,14,16H,4,6-7,11,18H2,1H3. The third-order valence-corrected chi connectivity index (χ3v) is 4.16. The highest BCUT2D eigenvalue weighted by Gasteiger charge is 2.23. The molecule has 0 spiro atoms. The van der Waals surface area contributed by atoms with Gasteiger partial charge in [0.2, 0.25) is 0 Å². The minimum atomic E-state index is 0.00450. The topological polar surface area (TPSA) is 39.2 Å². The van der Waals surface area contributed by atoms with Gasteiger partial charge in [-0.25, -0.2) is 0 Å². The summed E-state index contributed by atoms with van der Waals surface area (Å²) in [4.78, 5) is 0. The number of benzene rings is 1. The van der Waals surface area contributed by atoms with Crippen molar-refractivity contribution in [1.29, 1.82) is 0 Å². The molecule has 0 bridgehead atoms. The molecule has 1 heterocycles. The Morgan fingerprint density at radius 3 is 2.89 bits per heavy atom. The molecular formula is C17H21NO. The molecule has 19 heavy (non-hydrogen) atoms. The Morgan fingerprint density at radius 2 is 2.11 bits per heavy atom. The van der Waals surface area contributed by atoms with Crippen LogP contribution in [0.2, 0.25) is 0 Å². The third kappa shape index (κ3) is 2.59. The first-order chi connectivity index (χ1) is 9.24. The smallest absolute Gasteiger partial charge is 0.120 e. The Bertz CT molecular complexity index is 558. The predicted molar refractivity (Wildman–Crippen MR) is 77.1 cm³/mol. The van der Waals surface area contributed by atoms with Gasteiger partial charge in [0.1, 0.15) is 11.5 Å².